The number of rotatable bonds is 3. The van der Waals surface area contributed by atoms with Crippen LogP contribution in [0.25, 0.3) is 6.08 Å². The number of esters is 1. The fourth-order valence-electron chi connectivity index (χ4n) is 1.99. The lowest BCUT2D eigenvalue weighted by Crippen LogP contribution is -2.05. The molecule has 0 fully saturated rings. The second kappa shape index (κ2) is 6.82. The molecular weight excluding hydrogens is 333 g/mol. The van der Waals surface area contributed by atoms with E-state index in [-0.39, 0.29) is 11.6 Å². The van der Waals surface area contributed by atoms with Crippen molar-refractivity contribution in [2.24, 2.45) is 4.99 Å². The van der Waals surface area contributed by atoms with Gasteiger partial charge in [0, 0.05) is 5.56 Å². The SMILES string of the molecule is O=C1OC(c2ccc(Cl)c(Cl)c2)=NC1=CC=Cc1ccccc1. The molecule has 114 valence electrons. The van der Waals surface area contributed by atoms with Gasteiger partial charge in [0.1, 0.15) is 0 Å². The number of hydrogen-bond acceptors (Lipinski definition) is 3. The molecule has 0 radical (unpaired) electrons. The smallest absolute Gasteiger partial charge is 0.363 e. The zero-order valence-corrected chi connectivity index (χ0v) is 13.4. The molecule has 0 saturated heterocycles. The van der Waals surface area contributed by atoms with E-state index < -0.39 is 5.97 Å². The maximum absolute atomic E-state index is 11.9. The first kappa shape index (κ1) is 15.5. The van der Waals surface area contributed by atoms with Gasteiger partial charge >= 0.3 is 5.97 Å². The number of benzene rings is 2. The van der Waals surface area contributed by atoms with Gasteiger partial charge in [-0.15, -0.1) is 0 Å². The summed E-state index contributed by atoms with van der Waals surface area (Å²) >= 11 is 11.8. The van der Waals surface area contributed by atoms with Crippen molar-refractivity contribution in [3.8, 4) is 0 Å². The monoisotopic (exact) mass is 343 g/mol. The molecule has 23 heavy (non-hydrogen) atoms. The molecule has 1 heterocycles. The number of allylic oxidation sites excluding steroid dienone is 2. The van der Waals surface area contributed by atoms with Crippen molar-refractivity contribution in [1.82, 2.24) is 0 Å². The van der Waals surface area contributed by atoms with Crippen LogP contribution in [0.1, 0.15) is 11.1 Å². The fraction of sp³-hybridized carbons (Fsp3) is 0. The number of halogens is 2. The quantitative estimate of drug-likeness (QED) is 0.587. The Labute approximate surface area is 143 Å². The standard InChI is InChI=1S/C18H11Cl2NO2/c19-14-10-9-13(11-15(14)20)17-21-16(18(22)23-17)8-4-7-12-5-2-1-3-6-12/h1-11H. The summed E-state index contributed by atoms with van der Waals surface area (Å²) in [6.07, 6.45) is 5.25. The van der Waals surface area contributed by atoms with Crippen LogP contribution in [0.2, 0.25) is 10.0 Å². The highest BCUT2D eigenvalue weighted by Crippen LogP contribution is 2.25. The molecule has 2 aromatic rings. The predicted octanol–water partition coefficient (Wildman–Crippen LogP) is 4.89. The number of nitrogens with zero attached hydrogens (tertiary/aromatic N) is 1. The lowest BCUT2D eigenvalue weighted by molar-refractivity contribution is -0.130. The topological polar surface area (TPSA) is 38.7 Å². The predicted molar refractivity (Wildman–Crippen MR) is 92.6 cm³/mol. The van der Waals surface area contributed by atoms with Crippen LogP contribution in [0, 0.1) is 0 Å². The van der Waals surface area contributed by atoms with Gasteiger partial charge in [-0.25, -0.2) is 9.79 Å². The third kappa shape index (κ3) is 3.70. The number of hydrogen-bond donors (Lipinski definition) is 0. The van der Waals surface area contributed by atoms with Crippen LogP contribution in [0.5, 0.6) is 0 Å². The van der Waals surface area contributed by atoms with Crippen molar-refractivity contribution < 1.29 is 9.53 Å². The van der Waals surface area contributed by atoms with E-state index in [1.807, 2.05) is 36.4 Å². The zero-order chi connectivity index (χ0) is 16.2. The van der Waals surface area contributed by atoms with Gasteiger partial charge in [0.25, 0.3) is 0 Å². The molecule has 3 nitrogen and oxygen atoms in total. The Morgan fingerprint density at radius 1 is 1.00 bits per heavy atom. The molecule has 0 aliphatic carbocycles. The minimum atomic E-state index is -0.496. The average Bonchev–Trinajstić information content (AvgIpc) is 2.92. The van der Waals surface area contributed by atoms with Gasteiger partial charge in [0.05, 0.1) is 10.0 Å². The van der Waals surface area contributed by atoms with Gasteiger partial charge in [-0.2, -0.15) is 0 Å². The van der Waals surface area contributed by atoms with Crippen LogP contribution in [-0.2, 0) is 9.53 Å². The zero-order valence-electron chi connectivity index (χ0n) is 11.9. The maximum atomic E-state index is 11.9. The van der Waals surface area contributed by atoms with E-state index in [1.165, 1.54) is 0 Å². The van der Waals surface area contributed by atoms with Crippen molar-refractivity contribution >= 4 is 41.1 Å². The second-order valence-electron chi connectivity index (χ2n) is 4.76. The van der Waals surface area contributed by atoms with Crippen LogP contribution < -0.4 is 0 Å². The molecule has 0 N–H and O–H groups in total. The molecule has 0 spiro atoms. The Kier molecular flexibility index (Phi) is 4.60. The summed E-state index contributed by atoms with van der Waals surface area (Å²) in [6.45, 7) is 0. The number of cyclic esters (lactones) is 1. The van der Waals surface area contributed by atoms with Gasteiger partial charge < -0.3 is 4.74 Å². The Hall–Kier alpha value is -2.36. The summed E-state index contributed by atoms with van der Waals surface area (Å²) < 4.78 is 5.16. The largest absolute Gasteiger partial charge is 0.402 e. The molecule has 0 bridgehead atoms. The van der Waals surface area contributed by atoms with E-state index >= 15 is 0 Å². The molecule has 3 rings (SSSR count). The molecule has 0 saturated carbocycles. The first-order valence-corrected chi connectivity index (χ1v) is 7.59. The molecule has 1 aliphatic rings. The number of carbonyl (C=O) groups excluding carboxylic acids is 1. The first-order valence-electron chi connectivity index (χ1n) is 6.83. The number of ether oxygens (including phenoxy) is 1. The van der Waals surface area contributed by atoms with Gasteiger partial charge in [0.15, 0.2) is 5.70 Å². The van der Waals surface area contributed by atoms with E-state index in [0.29, 0.717) is 15.6 Å². The summed E-state index contributed by atoms with van der Waals surface area (Å²) in [7, 11) is 0. The summed E-state index contributed by atoms with van der Waals surface area (Å²) in [5, 5.41) is 0.811. The average molecular weight is 344 g/mol. The Morgan fingerprint density at radius 3 is 2.52 bits per heavy atom. The van der Waals surface area contributed by atoms with Crippen molar-refractivity contribution in [2.45, 2.75) is 0 Å². The molecule has 0 unspecified atom stereocenters. The third-order valence-corrected chi connectivity index (χ3v) is 3.87. The van der Waals surface area contributed by atoms with E-state index in [2.05, 4.69) is 4.99 Å². The van der Waals surface area contributed by atoms with Crippen LogP contribution in [0.15, 0.2) is 71.4 Å². The van der Waals surface area contributed by atoms with E-state index in [4.69, 9.17) is 27.9 Å². The Balaban J connectivity index is 1.82. The minimum Gasteiger partial charge on any atom is -0.402 e. The lowest BCUT2D eigenvalue weighted by Gasteiger charge is -2.01. The number of carbonyl (C=O) groups is 1. The van der Waals surface area contributed by atoms with E-state index in [0.717, 1.165) is 5.56 Å². The van der Waals surface area contributed by atoms with Crippen molar-refractivity contribution in [3.05, 3.63) is 87.6 Å². The summed E-state index contributed by atoms with van der Waals surface area (Å²) in [6, 6.07) is 14.7. The van der Waals surface area contributed by atoms with E-state index in [9.17, 15) is 4.79 Å². The van der Waals surface area contributed by atoms with Crippen molar-refractivity contribution in [1.29, 1.82) is 0 Å². The summed E-state index contributed by atoms with van der Waals surface area (Å²) in [5.41, 5.74) is 1.87. The number of aliphatic imine (C=N–C) groups is 1. The maximum Gasteiger partial charge on any atom is 0.363 e. The molecule has 5 heteroatoms. The molecule has 0 aromatic heterocycles. The van der Waals surface area contributed by atoms with Crippen molar-refractivity contribution in [2.75, 3.05) is 0 Å². The van der Waals surface area contributed by atoms with Gasteiger partial charge in [-0.05, 0) is 29.8 Å². The summed E-state index contributed by atoms with van der Waals surface area (Å²) in [4.78, 5) is 16.0. The van der Waals surface area contributed by atoms with Gasteiger partial charge in [0.2, 0.25) is 5.90 Å². The van der Waals surface area contributed by atoms with Gasteiger partial charge in [-0.3, -0.25) is 0 Å². The van der Waals surface area contributed by atoms with Crippen molar-refractivity contribution in [3.63, 3.8) is 0 Å². The minimum absolute atomic E-state index is 0.216. The fourth-order valence-corrected chi connectivity index (χ4v) is 2.29. The molecule has 2 aromatic carbocycles. The Bertz CT molecular complexity index is 839. The third-order valence-electron chi connectivity index (χ3n) is 3.13. The highest BCUT2D eigenvalue weighted by molar-refractivity contribution is 6.42. The Morgan fingerprint density at radius 2 is 1.78 bits per heavy atom. The van der Waals surface area contributed by atoms with Crippen LogP contribution >= 0.6 is 23.2 Å². The van der Waals surface area contributed by atoms with Crippen LogP contribution in [0.3, 0.4) is 0 Å². The highest BCUT2D eigenvalue weighted by atomic mass is 35.5. The first-order chi connectivity index (χ1) is 11.1. The lowest BCUT2D eigenvalue weighted by atomic mass is 10.2. The van der Waals surface area contributed by atoms with Gasteiger partial charge in [-0.1, -0.05) is 65.7 Å². The van der Waals surface area contributed by atoms with Crippen LogP contribution in [-0.4, -0.2) is 11.9 Å². The summed E-state index contributed by atoms with van der Waals surface area (Å²) in [5.74, 6) is -0.281. The molecule has 0 amide bonds. The van der Waals surface area contributed by atoms with Crippen LogP contribution in [0.4, 0.5) is 0 Å². The molecular formula is C18H11Cl2NO2. The molecule has 0 atom stereocenters. The normalized spacial score (nSPS) is 16.0. The second-order valence-corrected chi connectivity index (χ2v) is 5.57. The molecule has 1 aliphatic heterocycles. The highest BCUT2D eigenvalue weighted by Gasteiger charge is 2.23. The van der Waals surface area contributed by atoms with E-state index in [1.54, 1.807) is 30.4 Å².